The van der Waals surface area contributed by atoms with Gasteiger partial charge in [0.05, 0.1) is 38.9 Å². The second kappa shape index (κ2) is 11.0. The highest BCUT2D eigenvalue weighted by Crippen LogP contribution is 2.48. The van der Waals surface area contributed by atoms with E-state index in [1.807, 2.05) is 56.3 Å². The maximum Gasteiger partial charge on any atom is 0.336 e. The number of ketones is 1. The highest BCUT2D eigenvalue weighted by molar-refractivity contribution is 6.12. The Hall–Kier alpha value is -3.61. The lowest BCUT2D eigenvalue weighted by Gasteiger charge is -2.38. The molecule has 1 unspecified atom stereocenters. The number of ether oxygens (including phenoxy) is 4. The number of hydrogen-bond acceptors (Lipinski definition) is 7. The Morgan fingerprint density at radius 1 is 0.944 bits per heavy atom. The number of carbonyl (C=O) groups is 2. The third-order valence-electron chi connectivity index (χ3n) is 6.88. The van der Waals surface area contributed by atoms with E-state index in [2.05, 4.69) is 0 Å². The fourth-order valence-electron chi connectivity index (χ4n) is 5.35. The van der Waals surface area contributed by atoms with Gasteiger partial charge >= 0.3 is 5.97 Å². The molecule has 1 aliphatic carbocycles. The van der Waals surface area contributed by atoms with Crippen molar-refractivity contribution in [3.05, 3.63) is 64.9 Å². The monoisotopic (exact) mass is 491 g/mol. The molecule has 0 saturated heterocycles. The van der Waals surface area contributed by atoms with Gasteiger partial charge in [-0.3, -0.25) is 9.79 Å². The van der Waals surface area contributed by atoms with Gasteiger partial charge in [-0.25, -0.2) is 4.79 Å². The molecule has 3 atom stereocenters. The smallest absolute Gasteiger partial charge is 0.336 e. The largest absolute Gasteiger partial charge is 0.494 e. The summed E-state index contributed by atoms with van der Waals surface area (Å²) in [5, 5.41) is 0. The van der Waals surface area contributed by atoms with Gasteiger partial charge in [-0.2, -0.15) is 0 Å². The number of Topliss-reactive ketones (excluding diaryl/α,β-unsaturated/α-hetero) is 1. The second-order valence-electron chi connectivity index (χ2n) is 8.93. The van der Waals surface area contributed by atoms with E-state index in [1.54, 1.807) is 21.1 Å². The molecule has 7 heteroatoms. The first-order chi connectivity index (χ1) is 17.4. The number of carbonyl (C=O) groups excluding carboxylic acids is 2. The van der Waals surface area contributed by atoms with E-state index in [0.29, 0.717) is 48.0 Å². The van der Waals surface area contributed by atoms with Crippen molar-refractivity contribution in [3.63, 3.8) is 0 Å². The SMILES string of the molecule is CCOC(=O)C1=C(C)N=C2C[C@@H](c3ccc(OC)c(OC)c3)CC(=O)C2[C@@H]1c1ccccc1OCC. The van der Waals surface area contributed by atoms with Gasteiger partial charge in [0.2, 0.25) is 0 Å². The quantitative estimate of drug-likeness (QED) is 0.470. The number of benzene rings is 2. The predicted octanol–water partition coefficient (Wildman–Crippen LogP) is 5.24. The predicted molar refractivity (Wildman–Crippen MR) is 137 cm³/mol. The minimum atomic E-state index is -0.550. The molecule has 190 valence electrons. The Morgan fingerprint density at radius 3 is 2.39 bits per heavy atom. The molecule has 2 aromatic rings. The molecular formula is C29H33NO6. The number of fused-ring (bicyclic) bond motifs is 1. The van der Waals surface area contributed by atoms with Crippen molar-refractivity contribution >= 4 is 17.5 Å². The zero-order chi connectivity index (χ0) is 25.8. The summed E-state index contributed by atoms with van der Waals surface area (Å²) in [4.78, 5) is 31.8. The van der Waals surface area contributed by atoms with Crippen LogP contribution in [0.25, 0.3) is 0 Å². The molecule has 36 heavy (non-hydrogen) atoms. The summed E-state index contributed by atoms with van der Waals surface area (Å²) in [7, 11) is 3.19. The minimum Gasteiger partial charge on any atom is -0.494 e. The van der Waals surface area contributed by atoms with Crippen LogP contribution in [0.3, 0.4) is 0 Å². The summed E-state index contributed by atoms with van der Waals surface area (Å²) in [6.07, 6.45) is 0.939. The van der Waals surface area contributed by atoms with Gasteiger partial charge in [-0.1, -0.05) is 24.3 Å². The standard InChI is InChI=1S/C29H33NO6/c1-6-35-23-11-9-8-10-20(23)27-26(29(32)36-7-2)17(3)30-21-14-19(15-22(31)28(21)27)18-12-13-24(33-4)25(16-18)34-5/h8-13,16,19,27-28H,6-7,14-15H2,1-5H3/t19-,27-,28?/m1/s1. The molecule has 2 aliphatic rings. The lowest BCUT2D eigenvalue weighted by Crippen LogP contribution is -2.41. The van der Waals surface area contributed by atoms with Crippen LogP contribution in [0.15, 0.2) is 58.7 Å². The van der Waals surface area contributed by atoms with Crippen molar-refractivity contribution in [3.8, 4) is 17.2 Å². The lowest BCUT2D eigenvalue weighted by atomic mass is 9.66. The lowest BCUT2D eigenvalue weighted by molar-refractivity contribution is -0.139. The summed E-state index contributed by atoms with van der Waals surface area (Å²) in [6, 6.07) is 13.4. The highest BCUT2D eigenvalue weighted by atomic mass is 16.5. The van der Waals surface area contributed by atoms with Crippen LogP contribution in [0.2, 0.25) is 0 Å². The normalized spacial score (nSPS) is 21.4. The number of allylic oxidation sites excluding steroid dienone is 1. The summed E-state index contributed by atoms with van der Waals surface area (Å²) >= 11 is 0. The van der Waals surface area contributed by atoms with Crippen LogP contribution in [0.1, 0.15) is 56.6 Å². The first-order valence-electron chi connectivity index (χ1n) is 12.3. The highest BCUT2D eigenvalue weighted by Gasteiger charge is 2.47. The van der Waals surface area contributed by atoms with Crippen molar-refractivity contribution < 1.29 is 28.5 Å². The number of aliphatic imine (C=N–C) groups is 1. The number of rotatable bonds is 8. The van der Waals surface area contributed by atoms with Crippen LogP contribution in [0.5, 0.6) is 17.2 Å². The molecule has 4 rings (SSSR count). The van der Waals surface area contributed by atoms with Gasteiger partial charge in [0.1, 0.15) is 11.5 Å². The van der Waals surface area contributed by atoms with Crippen molar-refractivity contribution in [1.29, 1.82) is 0 Å². The van der Waals surface area contributed by atoms with Crippen molar-refractivity contribution in [2.75, 3.05) is 27.4 Å². The topological polar surface area (TPSA) is 83.4 Å². The summed E-state index contributed by atoms with van der Waals surface area (Å²) in [5.41, 5.74) is 3.59. The average molecular weight is 492 g/mol. The molecule has 0 radical (unpaired) electrons. The summed E-state index contributed by atoms with van der Waals surface area (Å²) in [6.45, 7) is 6.22. The summed E-state index contributed by atoms with van der Waals surface area (Å²) in [5.74, 6) is 0.419. The van der Waals surface area contributed by atoms with E-state index >= 15 is 0 Å². The average Bonchev–Trinajstić information content (AvgIpc) is 2.88. The van der Waals surface area contributed by atoms with Crippen molar-refractivity contribution in [2.45, 2.75) is 45.4 Å². The number of para-hydroxylation sites is 1. The van der Waals surface area contributed by atoms with E-state index in [0.717, 1.165) is 16.8 Å². The van der Waals surface area contributed by atoms with Crippen LogP contribution in [0.4, 0.5) is 0 Å². The molecule has 2 aromatic carbocycles. The molecule has 0 spiro atoms. The van der Waals surface area contributed by atoms with E-state index < -0.39 is 17.8 Å². The first kappa shape index (κ1) is 25.5. The van der Waals surface area contributed by atoms with Crippen LogP contribution >= 0.6 is 0 Å². The molecule has 0 aromatic heterocycles. The number of methoxy groups -OCH3 is 2. The Labute approximate surface area is 212 Å². The number of esters is 1. The Morgan fingerprint density at radius 2 is 1.69 bits per heavy atom. The fourth-order valence-corrected chi connectivity index (χ4v) is 5.35. The van der Waals surface area contributed by atoms with E-state index in [-0.39, 0.29) is 18.3 Å². The van der Waals surface area contributed by atoms with Gasteiger partial charge in [0.25, 0.3) is 0 Å². The van der Waals surface area contributed by atoms with Crippen molar-refractivity contribution in [1.82, 2.24) is 0 Å². The van der Waals surface area contributed by atoms with Crippen molar-refractivity contribution in [2.24, 2.45) is 10.9 Å². The molecule has 1 saturated carbocycles. The second-order valence-corrected chi connectivity index (χ2v) is 8.93. The van der Waals surface area contributed by atoms with Crippen LogP contribution < -0.4 is 14.2 Å². The van der Waals surface area contributed by atoms with Gasteiger partial charge in [-0.05, 0) is 56.9 Å². The van der Waals surface area contributed by atoms with E-state index in [4.69, 9.17) is 23.9 Å². The zero-order valence-electron chi connectivity index (χ0n) is 21.5. The van der Waals surface area contributed by atoms with Gasteiger partial charge in [-0.15, -0.1) is 0 Å². The molecule has 1 fully saturated rings. The molecule has 1 aliphatic heterocycles. The maximum absolute atomic E-state index is 13.8. The first-order valence-corrected chi connectivity index (χ1v) is 12.3. The van der Waals surface area contributed by atoms with Gasteiger partial charge in [0, 0.05) is 29.3 Å². The molecule has 1 heterocycles. The van der Waals surface area contributed by atoms with E-state index in [1.165, 1.54) is 0 Å². The molecule has 0 amide bonds. The Bertz CT molecular complexity index is 1210. The molecule has 0 N–H and O–H groups in total. The van der Waals surface area contributed by atoms with Crippen LogP contribution in [0, 0.1) is 5.92 Å². The van der Waals surface area contributed by atoms with Crippen LogP contribution in [-0.4, -0.2) is 44.9 Å². The van der Waals surface area contributed by atoms with Gasteiger partial charge in [0.15, 0.2) is 11.5 Å². The molecular weight excluding hydrogens is 458 g/mol. The third kappa shape index (κ3) is 4.74. The van der Waals surface area contributed by atoms with E-state index in [9.17, 15) is 9.59 Å². The fraction of sp³-hybridized carbons (Fsp3) is 0.414. The number of hydrogen-bond donors (Lipinski definition) is 0. The van der Waals surface area contributed by atoms with Gasteiger partial charge < -0.3 is 18.9 Å². The molecule has 0 bridgehead atoms. The zero-order valence-corrected chi connectivity index (χ0v) is 21.5. The molecule has 7 nitrogen and oxygen atoms in total. The van der Waals surface area contributed by atoms with Crippen LogP contribution in [-0.2, 0) is 14.3 Å². The minimum absolute atomic E-state index is 0.0467. The Balaban J connectivity index is 1.79. The third-order valence-corrected chi connectivity index (χ3v) is 6.88. The number of nitrogens with zero attached hydrogens (tertiary/aromatic N) is 1. The maximum atomic E-state index is 13.8. The Kier molecular flexibility index (Phi) is 7.77. The summed E-state index contributed by atoms with van der Waals surface area (Å²) < 4.78 is 22.2.